The molecule has 21 heavy (non-hydrogen) atoms. The Morgan fingerprint density at radius 1 is 1.33 bits per heavy atom. The van der Waals surface area contributed by atoms with Crippen molar-refractivity contribution >= 4 is 21.4 Å². The van der Waals surface area contributed by atoms with E-state index in [1.54, 1.807) is 6.07 Å². The zero-order valence-electron chi connectivity index (χ0n) is 13.1. The normalized spacial score (nSPS) is 12.2. The van der Waals surface area contributed by atoms with Crippen LogP contribution < -0.4 is 5.32 Å². The first-order valence-corrected chi connectivity index (χ1v) is 9.74. The fourth-order valence-corrected chi connectivity index (χ4v) is 4.67. The number of ether oxygens (including phenoxy) is 1. The summed E-state index contributed by atoms with van der Waals surface area (Å²) in [4.78, 5) is 0. The Labute approximate surface area is 132 Å². The highest BCUT2D eigenvalue weighted by Gasteiger charge is 2.24. The third-order valence-corrected chi connectivity index (χ3v) is 6.46. The zero-order valence-corrected chi connectivity index (χ0v) is 14.7. The van der Waals surface area contributed by atoms with E-state index in [2.05, 4.69) is 12.2 Å². The predicted molar refractivity (Wildman–Crippen MR) is 87.2 cm³/mol. The van der Waals surface area contributed by atoms with Crippen molar-refractivity contribution in [2.75, 3.05) is 32.8 Å². The molecule has 0 bridgehead atoms. The minimum atomic E-state index is -3.40. The lowest BCUT2D eigenvalue weighted by atomic mass is 10.3. The number of thiophene rings is 1. The van der Waals surface area contributed by atoms with Gasteiger partial charge in [-0.1, -0.05) is 13.8 Å². The number of nitrogens with one attached hydrogen (secondary N) is 1. The van der Waals surface area contributed by atoms with Crippen molar-refractivity contribution in [1.82, 2.24) is 9.62 Å². The van der Waals surface area contributed by atoms with Crippen LogP contribution in [0.3, 0.4) is 0 Å². The number of hydrogen-bond donors (Lipinski definition) is 1. The van der Waals surface area contributed by atoms with Gasteiger partial charge in [-0.2, -0.15) is 4.31 Å². The molecule has 0 atom stereocenters. The summed E-state index contributed by atoms with van der Waals surface area (Å²) in [5, 5.41) is 5.19. The van der Waals surface area contributed by atoms with Gasteiger partial charge in [0.15, 0.2) is 0 Å². The molecular formula is C14H26N2O3S2. The van der Waals surface area contributed by atoms with Crippen molar-refractivity contribution in [1.29, 1.82) is 0 Å². The fourth-order valence-electron chi connectivity index (χ4n) is 1.88. The molecule has 1 aromatic heterocycles. The molecule has 0 radical (unpaired) electrons. The van der Waals surface area contributed by atoms with Gasteiger partial charge in [0.1, 0.15) is 4.21 Å². The van der Waals surface area contributed by atoms with Crippen molar-refractivity contribution in [3.8, 4) is 0 Å². The van der Waals surface area contributed by atoms with Gasteiger partial charge in [0.05, 0.1) is 6.61 Å². The minimum absolute atomic E-state index is 0.397. The van der Waals surface area contributed by atoms with Crippen LogP contribution in [0.2, 0.25) is 0 Å². The summed E-state index contributed by atoms with van der Waals surface area (Å²) in [6.45, 7) is 9.39. The molecule has 1 N–H and O–H groups in total. The summed E-state index contributed by atoms with van der Waals surface area (Å²) >= 11 is 1.29. The summed E-state index contributed by atoms with van der Waals surface area (Å²) < 4.78 is 32.3. The first kappa shape index (κ1) is 18.6. The molecule has 0 aromatic carbocycles. The van der Waals surface area contributed by atoms with E-state index in [1.165, 1.54) is 15.6 Å². The van der Waals surface area contributed by atoms with Crippen LogP contribution in [0.25, 0.3) is 0 Å². The molecule has 0 aliphatic carbocycles. The van der Waals surface area contributed by atoms with Crippen LogP contribution in [0.4, 0.5) is 0 Å². The van der Waals surface area contributed by atoms with Crippen LogP contribution in [0.5, 0.6) is 0 Å². The first-order valence-electron chi connectivity index (χ1n) is 7.42. The van der Waals surface area contributed by atoms with Crippen LogP contribution in [0, 0.1) is 0 Å². The van der Waals surface area contributed by atoms with Gasteiger partial charge in [0.2, 0.25) is 0 Å². The average Bonchev–Trinajstić information content (AvgIpc) is 2.93. The lowest BCUT2D eigenvalue weighted by Gasteiger charge is -2.19. The number of likely N-dealkylation sites (N-methyl/N-ethyl adjacent to an activating group) is 1. The highest BCUT2D eigenvalue weighted by Crippen LogP contribution is 2.23. The molecule has 0 unspecified atom stereocenters. The van der Waals surface area contributed by atoms with Gasteiger partial charge in [-0.05, 0) is 36.9 Å². The fraction of sp³-hybridized carbons (Fsp3) is 0.714. The van der Waals surface area contributed by atoms with Crippen molar-refractivity contribution in [3.05, 3.63) is 17.0 Å². The second kappa shape index (κ2) is 9.53. The number of sulfonamides is 1. The van der Waals surface area contributed by atoms with E-state index in [9.17, 15) is 8.42 Å². The molecule has 1 heterocycles. The largest absolute Gasteiger partial charge is 0.380 e. The quantitative estimate of drug-likeness (QED) is 0.631. The maximum Gasteiger partial charge on any atom is 0.252 e. The summed E-state index contributed by atoms with van der Waals surface area (Å²) in [6, 6.07) is 1.77. The van der Waals surface area contributed by atoms with E-state index in [0.29, 0.717) is 37.1 Å². The smallest absolute Gasteiger partial charge is 0.252 e. The average molecular weight is 335 g/mol. The van der Waals surface area contributed by atoms with Gasteiger partial charge in [-0.3, -0.25) is 0 Å². The van der Waals surface area contributed by atoms with Crippen molar-refractivity contribution in [2.45, 2.75) is 37.9 Å². The zero-order chi connectivity index (χ0) is 15.7. The first-order chi connectivity index (χ1) is 10.1. The van der Waals surface area contributed by atoms with Crippen LogP contribution in [-0.4, -0.2) is 45.6 Å². The van der Waals surface area contributed by atoms with Crippen LogP contribution in [-0.2, 0) is 21.3 Å². The van der Waals surface area contributed by atoms with E-state index in [-0.39, 0.29) is 0 Å². The molecular weight excluding hydrogens is 308 g/mol. The maximum atomic E-state index is 12.6. The van der Waals surface area contributed by atoms with Crippen molar-refractivity contribution in [3.63, 3.8) is 0 Å². The summed E-state index contributed by atoms with van der Waals surface area (Å²) in [7, 11) is -3.40. The lowest BCUT2D eigenvalue weighted by Crippen LogP contribution is -2.33. The highest BCUT2D eigenvalue weighted by atomic mass is 32.2. The Hall–Kier alpha value is -0.470. The molecule has 1 rings (SSSR count). The third kappa shape index (κ3) is 5.67. The van der Waals surface area contributed by atoms with E-state index in [1.807, 2.05) is 19.2 Å². The minimum Gasteiger partial charge on any atom is -0.380 e. The highest BCUT2D eigenvalue weighted by molar-refractivity contribution is 7.91. The number of hydrogen-bond acceptors (Lipinski definition) is 5. The molecule has 0 saturated heterocycles. The molecule has 0 aliphatic rings. The second-order valence-electron chi connectivity index (χ2n) is 4.64. The molecule has 7 heteroatoms. The Morgan fingerprint density at radius 3 is 2.71 bits per heavy atom. The SMILES string of the molecule is CCCNCc1csc(S(=O)(=O)N(CC)CCOCC)c1. The molecule has 0 amide bonds. The van der Waals surface area contributed by atoms with E-state index >= 15 is 0 Å². The van der Waals surface area contributed by atoms with Gasteiger partial charge >= 0.3 is 0 Å². The second-order valence-corrected chi connectivity index (χ2v) is 7.72. The Morgan fingerprint density at radius 2 is 2.10 bits per heavy atom. The molecule has 0 aliphatic heterocycles. The topological polar surface area (TPSA) is 58.6 Å². The standard InChI is InChI=1S/C14H26N2O3S2/c1-4-7-15-11-13-10-14(20-12-13)21(17,18)16(5-2)8-9-19-6-3/h10,12,15H,4-9,11H2,1-3H3. The molecule has 1 aromatic rings. The lowest BCUT2D eigenvalue weighted by molar-refractivity contribution is 0.135. The molecule has 0 saturated carbocycles. The van der Waals surface area contributed by atoms with Crippen LogP contribution >= 0.6 is 11.3 Å². The summed E-state index contributed by atoms with van der Waals surface area (Å²) in [5.74, 6) is 0. The van der Waals surface area contributed by atoms with E-state index < -0.39 is 10.0 Å². The van der Waals surface area contributed by atoms with Crippen molar-refractivity contribution < 1.29 is 13.2 Å². The van der Waals surface area contributed by atoms with Gasteiger partial charge in [0, 0.05) is 26.2 Å². The van der Waals surface area contributed by atoms with Crippen molar-refractivity contribution in [2.24, 2.45) is 0 Å². The Kier molecular flexibility index (Phi) is 8.43. The van der Waals surface area contributed by atoms with Crippen LogP contribution in [0.15, 0.2) is 15.7 Å². The van der Waals surface area contributed by atoms with E-state index in [0.717, 1.165) is 18.5 Å². The molecule has 5 nitrogen and oxygen atoms in total. The van der Waals surface area contributed by atoms with E-state index in [4.69, 9.17) is 4.74 Å². The Balaban J connectivity index is 2.71. The molecule has 122 valence electrons. The maximum absolute atomic E-state index is 12.6. The molecule has 0 spiro atoms. The summed E-state index contributed by atoms with van der Waals surface area (Å²) in [5.41, 5.74) is 1.02. The van der Waals surface area contributed by atoms with Gasteiger partial charge in [-0.15, -0.1) is 11.3 Å². The predicted octanol–water partition coefficient (Wildman–Crippen LogP) is 2.29. The van der Waals surface area contributed by atoms with Gasteiger partial charge in [-0.25, -0.2) is 8.42 Å². The molecule has 0 fully saturated rings. The van der Waals surface area contributed by atoms with Gasteiger partial charge in [0.25, 0.3) is 10.0 Å². The third-order valence-electron chi connectivity index (χ3n) is 3.02. The summed E-state index contributed by atoms with van der Waals surface area (Å²) in [6.07, 6.45) is 1.07. The monoisotopic (exact) mass is 334 g/mol. The Bertz CT molecular complexity index is 500. The number of nitrogens with zero attached hydrogens (tertiary/aromatic N) is 1. The number of rotatable bonds is 11. The van der Waals surface area contributed by atoms with Crippen LogP contribution in [0.1, 0.15) is 32.8 Å². The van der Waals surface area contributed by atoms with Gasteiger partial charge < -0.3 is 10.1 Å².